The standard InChI is InChI=1S/C24H31N3O3/c1-30-23(28)16-7-9-20(10-8-16)25-24(29)27-12-4-5-17-13-18-14-19(22(17)27)15-26-11-3-2-6-21(18)26/h7-10,13,18-19,21-22H,2-6,11-12,14-15H2,1H3,(H,25,29)/t18?,19?,21-,22-/m1/s1. The fraction of sp³-hybridized carbons (Fsp3) is 0.583. The molecule has 5 rings (SSSR count). The molecule has 0 aromatic heterocycles. The molecule has 3 heterocycles. The topological polar surface area (TPSA) is 61.9 Å². The number of fused-ring (bicyclic) bond motifs is 6. The predicted molar refractivity (Wildman–Crippen MR) is 115 cm³/mol. The van der Waals surface area contributed by atoms with Gasteiger partial charge in [0.25, 0.3) is 0 Å². The largest absolute Gasteiger partial charge is 0.465 e. The summed E-state index contributed by atoms with van der Waals surface area (Å²) in [7, 11) is 1.37. The Balaban J connectivity index is 1.33. The number of amides is 2. The maximum absolute atomic E-state index is 13.2. The number of benzene rings is 1. The van der Waals surface area contributed by atoms with Crippen molar-refractivity contribution in [2.75, 3.05) is 32.1 Å². The molecule has 1 aromatic rings. The number of rotatable bonds is 2. The van der Waals surface area contributed by atoms with E-state index in [0.29, 0.717) is 23.1 Å². The van der Waals surface area contributed by atoms with Gasteiger partial charge < -0.3 is 15.0 Å². The molecule has 1 aromatic carbocycles. The van der Waals surface area contributed by atoms with Crippen molar-refractivity contribution >= 4 is 17.7 Å². The quantitative estimate of drug-likeness (QED) is 0.594. The Morgan fingerprint density at radius 2 is 1.93 bits per heavy atom. The highest BCUT2D eigenvalue weighted by atomic mass is 16.5. The van der Waals surface area contributed by atoms with Crippen LogP contribution >= 0.6 is 0 Å². The molecule has 3 fully saturated rings. The average Bonchev–Trinajstić information content (AvgIpc) is 2.78. The number of methoxy groups -OCH3 is 1. The van der Waals surface area contributed by atoms with Crippen molar-refractivity contribution in [2.45, 2.75) is 50.6 Å². The van der Waals surface area contributed by atoms with E-state index < -0.39 is 0 Å². The molecule has 4 aliphatic rings. The zero-order valence-electron chi connectivity index (χ0n) is 17.7. The van der Waals surface area contributed by atoms with Crippen LogP contribution in [0.15, 0.2) is 35.9 Å². The number of ether oxygens (including phenoxy) is 1. The molecule has 3 saturated heterocycles. The number of nitrogens with one attached hydrogen (secondary N) is 1. The second-order valence-corrected chi connectivity index (χ2v) is 9.20. The molecule has 3 aliphatic heterocycles. The maximum Gasteiger partial charge on any atom is 0.337 e. The number of piperidine rings is 3. The first-order valence-corrected chi connectivity index (χ1v) is 11.3. The first kappa shape index (κ1) is 19.6. The summed E-state index contributed by atoms with van der Waals surface area (Å²) in [4.78, 5) is 29.6. The van der Waals surface area contributed by atoms with Crippen LogP contribution in [0, 0.1) is 11.8 Å². The molecular formula is C24H31N3O3. The summed E-state index contributed by atoms with van der Waals surface area (Å²) in [6.45, 7) is 3.14. The Hall–Kier alpha value is -2.34. The molecule has 2 bridgehead atoms. The number of anilines is 1. The van der Waals surface area contributed by atoms with Crippen LogP contribution in [0.3, 0.4) is 0 Å². The molecule has 4 atom stereocenters. The first-order chi connectivity index (χ1) is 14.6. The van der Waals surface area contributed by atoms with E-state index in [-0.39, 0.29) is 18.0 Å². The van der Waals surface area contributed by atoms with E-state index >= 15 is 0 Å². The lowest BCUT2D eigenvalue weighted by Gasteiger charge is -2.54. The highest BCUT2D eigenvalue weighted by Crippen LogP contribution is 2.45. The van der Waals surface area contributed by atoms with Crippen molar-refractivity contribution in [3.05, 3.63) is 41.5 Å². The van der Waals surface area contributed by atoms with Gasteiger partial charge in [0.15, 0.2) is 0 Å². The second-order valence-electron chi connectivity index (χ2n) is 9.20. The third-order valence-corrected chi connectivity index (χ3v) is 7.48. The minimum atomic E-state index is -0.372. The summed E-state index contributed by atoms with van der Waals surface area (Å²) in [6.07, 6.45) is 9.91. The summed E-state index contributed by atoms with van der Waals surface area (Å²) in [5, 5.41) is 3.05. The molecule has 30 heavy (non-hydrogen) atoms. The Labute approximate surface area is 178 Å². The minimum absolute atomic E-state index is 0.0318. The highest BCUT2D eigenvalue weighted by Gasteiger charge is 2.46. The van der Waals surface area contributed by atoms with Crippen LogP contribution < -0.4 is 5.32 Å². The van der Waals surface area contributed by atoms with Crippen LogP contribution in [0.25, 0.3) is 0 Å². The minimum Gasteiger partial charge on any atom is -0.465 e. The molecule has 2 amide bonds. The Morgan fingerprint density at radius 3 is 2.73 bits per heavy atom. The zero-order valence-corrected chi connectivity index (χ0v) is 17.7. The van der Waals surface area contributed by atoms with Crippen molar-refractivity contribution in [1.82, 2.24) is 9.80 Å². The molecule has 0 radical (unpaired) electrons. The van der Waals surface area contributed by atoms with Crippen molar-refractivity contribution < 1.29 is 14.3 Å². The number of nitrogens with zero attached hydrogens (tertiary/aromatic N) is 2. The van der Waals surface area contributed by atoms with E-state index in [4.69, 9.17) is 4.74 Å². The number of esters is 1. The van der Waals surface area contributed by atoms with Crippen LogP contribution in [-0.4, -0.2) is 60.6 Å². The molecule has 6 nitrogen and oxygen atoms in total. The normalized spacial score (nSPS) is 30.6. The summed E-state index contributed by atoms with van der Waals surface area (Å²) >= 11 is 0. The third kappa shape index (κ3) is 3.51. The van der Waals surface area contributed by atoms with E-state index in [0.717, 1.165) is 32.0 Å². The second kappa shape index (κ2) is 8.06. The summed E-state index contributed by atoms with van der Waals surface area (Å²) in [5.41, 5.74) is 2.68. The molecular weight excluding hydrogens is 378 g/mol. The van der Waals surface area contributed by atoms with Crippen LogP contribution in [0.2, 0.25) is 0 Å². The Bertz CT molecular complexity index is 850. The summed E-state index contributed by atoms with van der Waals surface area (Å²) in [6, 6.07) is 7.82. The zero-order chi connectivity index (χ0) is 20.7. The van der Waals surface area contributed by atoms with Crippen LogP contribution in [0.1, 0.15) is 48.9 Å². The van der Waals surface area contributed by atoms with Crippen molar-refractivity contribution in [3.63, 3.8) is 0 Å². The number of hydrogen-bond acceptors (Lipinski definition) is 4. The van der Waals surface area contributed by atoms with Gasteiger partial charge in [-0.3, -0.25) is 4.90 Å². The van der Waals surface area contributed by atoms with Gasteiger partial charge in [-0.05, 0) is 74.8 Å². The van der Waals surface area contributed by atoms with Gasteiger partial charge >= 0.3 is 12.0 Å². The van der Waals surface area contributed by atoms with Crippen LogP contribution in [0.5, 0.6) is 0 Å². The maximum atomic E-state index is 13.2. The lowest BCUT2D eigenvalue weighted by Crippen LogP contribution is -2.60. The van der Waals surface area contributed by atoms with E-state index in [9.17, 15) is 9.59 Å². The summed E-state index contributed by atoms with van der Waals surface area (Å²) < 4.78 is 4.74. The van der Waals surface area contributed by atoms with Crippen molar-refractivity contribution in [1.29, 1.82) is 0 Å². The molecule has 0 saturated carbocycles. The van der Waals surface area contributed by atoms with Gasteiger partial charge in [0.05, 0.1) is 18.7 Å². The average molecular weight is 410 g/mol. The van der Waals surface area contributed by atoms with Gasteiger partial charge in [-0.1, -0.05) is 18.1 Å². The van der Waals surface area contributed by atoms with Gasteiger partial charge in [-0.2, -0.15) is 0 Å². The Kier molecular flexibility index (Phi) is 5.27. The number of carbonyl (C=O) groups excluding carboxylic acids is 2. The number of carbonyl (C=O) groups is 2. The van der Waals surface area contributed by atoms with Gasteiger partial charge in [-0.15, -0.1) is 0 Å². The molecule has 1 aliphatic carbocycles. The van der Waals surface area contributed by atoms with Crippen molar-refractivity contribution in [3.8, 4) is 0 Å². The van der Waals surface area contributed by atoms with Gasteiger partial charge in [0, 0.05) is 24.8 Å². The summed E-state index contributed by atoms with van der Waals surface area (Å²) in [5.74, 6) is 0.838. The molecule has 6 heteroatoms. The van der Waals surface area contributed by atoms with Crippen LogP contribution in [0.4, 0.5) is 10.5 Å². The number of urea groups is 1. The smallest absolute Gasteiger partial charge is 0.337 e. The number of likely N-dealkylation sites (tertiary alicyclic amines) is 1. The van der Waals surface area contributed by atoms with Gasteiger partial charge in [0.1, 0.15) is 0 Å². The lowest BCUT2D eigenvalue weighted by molar-refractivity contribution is 0.00908. The molecule has 0 spiro atoms. The molecule has 160 valence electrons. The van der Waals surface area contributed by atoms with Gasteiger partial charge in [0.2, 0.25) is 0 Å². The lowest BCUT2D eigenvalue weighted by atomic mass is 9.68. The van der Waals surface area contributed by atoms with E-state index in [1.54, 1.807) is 24.3 Å². The predicted octanol–water partition coefficient (Wildman–Crippen LogP) is 3.90. The highest BCUT2D eigenvalue weighted by molar-refractivity contribution is 5.92. The Morgan fingerprint density at radius 1 is 1.10 bits per heavy atom. The first-order valence-electron chi connectivity index (χ1n) is 11.3. The fourth-order valence-electron chi connectivity index (χ4n) is 6.20. The molecule has 1 N–H and O–H groups in total. The fourth-order valence-corrected chi connectivity index (χ4v) is 6.20. The van der Waals surface area contributed by atoms with E-state index in [1.807, 2.05) is 0 Å². The monoisotopic (exact) mass is 409 g/mol. The third-order valence-electron chi connectivity index (χ3n) is 7.48. The molecule has 2 unspecified atom stereocenters. The van der Waals surface area contributed by atoms with E-state index in [1.165, 1.54) is 44.9 Å². The van der Waals surface area contributed by atoms with Crippen LogP contribution in [-0.2, 0) is 4.74 Å². The SMILES string of the molecule is COC(=O)c1ccc(NC(=O)N2CCCC3=CC4CC(CN5CCCC[C@H]45)[C@@H]32)cc1. The van der Waals surface area contributed by atoms with E-state index in [2.05, 4.69) is 21.2 Å². The van der Waals surface area contributed by atoms with Gasteiger partial charge in [-0.25, -0.2) is 9.59 Å². The van der Waals surface area contributed by atoms with Crippen molar-refractivity contribution in [2.24, 2.45) is 11.8 Å². The number of hydrogen-bond donors (Lipinski definition) is 1.